The van der Waals surface area contributed by atoms with Crippen LogP contribution in [0, 0.1) is 13.8 Å². The van der Waals surface area contributed by atoms with Gasteiger partial charge in [0, 0.05) is 44.0 Å². The molecule has 26 heterocycles. The van der Waals surface area contributed by atoms with Gasteiger partial charge in [-0.25, -0.2) is 0 Å². The first kappa shape index (κ1) is 70.6. The third-order valence-electron chi connectivity index (χ3n) is 41.5. The van der Waals surface area contributed by atoms with Crippen LogP contribution in [-0.2, 0) is 0 Å². The molecule has 0 unspecified atom stereocenters. The van der Waals surface area contributed by atoms with Crippen LogP contribution in [0.3, 0.4) is 0 Å². The van der Waals surface area contributed by atoms with Crippen LogP contribution in [-0.4, -0.2) is 149 Å². The number of para-hydroxylation sites is 9. The summed E-state index contributed by atoms with van der Waals surface area (Å²) in [5.41, 5.74) is 34.5. The Hall–Kier alpha value is -11.1. The Balaban J connectivity index is 0.0000000759. The molecule has 0 atom stereocenters. The summed E-state index contributed by atoms with van der Waals surface area (Å²) in [6.07, 6.45) is 5.47. The fourth-order valence-corrected chi connectivity index (χ4v) is 85.1. The third-order valence-corrected chi connectivity index (χ3v) is 77.3. The molecule has 2 N–H and O–H groups in total. The van der Waals surface area contributed by atoms with Crippen molar-refractivity contribution in [3.05, 3.63) is 327 Å². The van der Waals surface area contributed by atoms with Gasteiger partial charge in [-0.1, -0.05) is 115 Å². The number of benzene rings is 16. The van der Waals surface area contributed by atoms with Crippen molar-refractivity contribution in [2.45, 2.75) is 13.8 Å². The molecule has 10 nitrogen and oxygen atoms in total. The standard InChI is InChI=1S/2C25H16BNO.2C24H18B9N2OP2/c1-15-13-14-22-23-24(15)27-20-11-4-2-7-16(20)17-8-6-10-19(25(17)27)26(23)18-9-3-5-12-21(18)28-22;1-15-12-13-16-17-6-4-8-19-25(17)27(21(16)14-15)20-9-5-11-23-24(20)26(19)18-7-2-3-10-22(18)28-23;1-2-11-19-15(7-1)28-16-8-3-6-14-22-17(35(24(14)16)18-10-4-12-20(36-19)23(18)28)9-5-13-21(22)37(29-25-30(37)33(29)37)34-38-26-31(38)32(38)27-38;1-2-9-21-17(6-1)28-18-7-3-5-15-16-13-14(37(29-25-30(37)33(29)37)34-38-26-31(38)32(38)27-38)11-12-19(16)35(24(15)18)20-8-4-10-22(36-21)23(20)28/h2*2-14H,1H3;2*1-13,34H,25-26H2/q;;2*-2. The van der Waals surface area contributed by atoms with Gasteiger partial charge >= 0.3 is 450 Å². The Morgan fingerprint density at radius 3 is 1.17 bits per heavy atom. The van der Waals surface area contributed by atoms with Crippen LogP contribution in [0.25, 0.3) is 110 Å². The summed E-state index contributed by atoms with van der Waals surface area (Å²) in [6, 6.07) is 117. The number of rotatable bonds is 6. The van der Waals surface area contributed by atoms with E-state index in [1.165, 1.54) is 206 Å². The molecule has 14 saturated heterocycles. The Kier molecular flexibility index (Phi) is 11.6. The van der Waals surface area contributed by atoms with E-state index in [1.807, 2.05) is 5.30 Å². The average molecular weight is 1730 g/mol. The number of aryl methyl sites for hydroxylation is 2. The van der Waals surface area contributed by atoms with Crippen molar-refractivity contribution >= 4 is 319 Å². The van der Waals surface area contributed by atoms with Gasteiger partial charge in [-0.3, -0.25) is 0 Å². The molecule has 598 valence electrons. The predicted octanol–water partition coefficient (Wildman–Crippen LogP) is 8.06. The number of hydrogen-bond acceptors (Lipinski definition) is 6. The monoisotopic (exact) mass is 1740 g/mol. The molecule has 2 spiro atoms. The topological polar surface area (TPSA) is 80.7 Å². The second-order valence-corrected chi connectivity index (χ2v) is 69.3. The van der Waals surface area contributed by atoms with Crippen molar-refractivity contribution < 1.29 is 18.9 Å². The van der Waals surface area contributed by atoms with Crippen molar-refractivity contribution in [1.82, 2.24) is 28.0 Å². The van der Waals surface area contributed by atoms with Gasteiger partial charge in [0.15, 0.2) is 0 Å². The molecule has 2 radical (unpaired) electrons. The second-order valence-electron chi connectivity index (χ2n) is 45.1. The van der Waals surface area contributed by atoms with E-state index in [-0.39, 0.29) is 26.9 Å². The molecule has 132 heavy (non-hydrogen) atoms. The van der Waals surface area contributed by atoms with Crippen LogP contribution in [0.4, 0.5) is 0 Å². The first-order chi connectivity index (χ1) is 65.0. The molecule has 14 fully saturated rings. The van der Waals surface area contributed by atoms with E-state index in [0.29, 0.717) is 27.9 Å². The van der Waals surface area contributed by atoms with Crippen LogP contribution in [0.15, 0.2) is 315 Å². The van der Waals surface area contributed by atoms with Crippen LogP contribution in [0.2, 0.25) is 0 Å². The molecule has 20 aromatic rings. The SMILES string of the molecule is Cc1ccc2c3c1-n1c4ccccc4c4cccc(c41)B3c1ccccc1O2.Cc1ccc2c3cccc4c3n(c2c1)-c1cccc2c1B4c1ccccc1O2.[B]1B2B3[BH2-]P123NP12(c3ccc4c(c3)c3cccc5c3n4-c3cccc4c3B5c3ccccc3O4)B3[BH2-]B1B32.[B]1B2B3[BH2-]P123NP12(c3cccc4c3c3cccc5c3n4-c3cccc4c3B5c3ccccc3O4)B3[BH2-]B1B32. The zero-order valence-corrected chi connectivity index (χ0v) is 77.0. The number of nitrogens with zero attached hydrogens (tertiary/aromatic N) is 4. The van der Waals surface area contributed by atoms with Gasteiger partial charge in [0.2, 0.25) is 0 Å². The molecule has 4 aromatic heterocycles. The number of aromatic nitrogens is 4. The first-order valence-electron chi connectivity index (χ1n) is 49.5. The van der Waals surface area contributed by atoms with Crippen LogP contribution in [0.1, 0.15) is 11.1 Å². The molecule has 0 saturated carbocycles. The molecule has 0 amide bonds. The Morgan fingerprint density at radius 2 is 0.674 bits per heavy atom. The van der Waals surface area contributed by atoms with E-state index in [1.54, 1.807) is 10.7 Å². The van der Waals surface area contributed by atoms with Gasteiger partial charge in [0.05, 0.1) is 11.0 Å². The van der Waals surface area contributed by atoms with E-state index in [9.17, 15) is 0 Å². The minimum absolute atomic E-state index is 0.204. The predicted molar refractivity (Wildman–Crippen MR) is 594 cm³/mol. The van der Waals surface area contributed by atoms with Gasteiger partial charge < -0.3 is 18.6 Å². The van der Waals surface area contributed by atoms with Crippen molar-refractivity contribution in [3.8, 4) is 68.7 Å². The Labute approximate surface area is 769 Å². The molecular weight excluding hydrogens is 1670 g/mol. The van der Waals surface area contributed by atoms with Crippen LogP contribution < -0.4 is 105 Å². The molecular formula is C98H68B20N6O4P4-4. The second kappa shape index (κ2) is 21.8. The van der Waals surface area contributed by atoms with Crippen molar-refractivity contribution in [3.63, 3.8) is 0 Å². The fraction of sp³-hybridized carbons (Fsp3) is 0.0204. The third kappa shape index (κ3) is 7.32. The summed E-state index contributed by atoms with van der Waals surface area (Å²) in [5.74, 6) is 7.92. The maximum atomic E-state index is 6.53. The van der Waals surface area contributed by atoms with Crippen LogP contribution in [0.5, 0.6) is 46.0 Å². The number of nitrogens with one attached hydrogen (secondary N) is 2. The molecule has 22 aliphatic rings. The van der Waals surface area contributed by atoms with E-state index in [4.69, 9.17) is 28.7 Å². The normalized spacial score (nSPS) is 21.3. The Bertz CT molecular complexity index is 9270. The van der Waals surface area contributed by atoms with Gasteiger partial charge in [-0.2, -0.15) is 0 Å². The summed E-state index contributed by atoms with van der Waals surface area (Å²) < 4.78 is 35.8. The van der Waals surface area contributed by atoms with Crippen LogP contribution >= 0.6 is 25.3 Å². The average Bonchev–Trinajstić information content (AvgIpc) is 1.33. The Morgan fingerprint density at radius 1 is 0.295 bits per heavy atom. The molecule has 16 aromatic carbocycles. The fourth-order valence-electron chi connectivity index (χ4n) is 34.9. The summed E-state index contributed by atoms with van der Waals surface area (Å²) in [4.78, 5) is 9.65. The van der Waals surface area contributed by atoms with Crippen molar-refractivity contribution in [2.24, 2.45) is 0 Å². The summed E-state index contributed by atoms with van der Waals surface area (Å²) in [6.45, 7) is 11.7. The summed E-state index contributed by atoms with van der Waals surface area (Å²) in [7, 11) is 0.645. The van der Waals surface area contributed by atoms with E-state index in [0.717, 1.165) is 83.3 Å². The van der Waals surface area contributed by atoms with E-state index in [2.05, 4.69) is 361 Å². The molecule has 34 heteroatoms. The number of ether oxygens (including phenoxy) is 4. The molecule has 4 bridgehead atoms. The van der Waals surface area contributed by atoms with Crippen molar-refractivity contribution in [2.75, 3.05) is 0 Å². The zero-order valence-electron chi connectivity index (χ0n) is 73.5. The van der Waals surface area contributed by atoms with E-state index < -0.39 is 25.3 Å². The van der Waals surface area contributed by atoms with Gasteiger partial charge in [0.1, 0.15) is 23.0 Å². The molecule has 0 aliphatic carbocycles. The van der Waals surface area contributed by atoms with Gasteiger partial charge in [-0.05, 0) is 100 Å². The molecule has 22 aliphatic heterocycles. The number of fused-ring (bicyclic) bond motifs is 30. The summed E-state index contributed by atoms with van der Waals surface area (Å²) >= 11 is 0. The minimum atomic E-state index is -1.86. The zero-order chi connectivity index (χ0) is 84.8. The number of hydrogen-bond donors (Lipinski definition) is 2. The molecule has 42 rings (SSSR count). The first-order valence-corrected chi connectivity index (χ1v) is 60.1. The van der Waals surface area contributed by atoms with Gasteiger partial charge in [0.25, 0.3) is 13.4 Å². The quantitative estimate of drug-likeness (QED) is 0.130. The van der Waals surface area contributed by atoms with E-state index >= 15 is 0 Å². The summed E-state index contributed by atoms with van der Waals surface area (Å²) in [5, 5.41) is 14.9. The maximum absolute atomic E-state index is 6.53. The van der Waals surface area contributed by atoms with Gasteiger partial charge in [-0.15, -0.1) is 0 Å². The van der Waals surface area contributed by atoms with Crippen molar-refractivity contribution in [1.29, 1.82) is 0 Å².